The molecule has 1 N–H and O–H groups in total. The molecule has 0 aromatic carbocycles. The van der Waals surface area contributed by atoms with E-state index in [1.54, 1.807) is 0 Å². The van der Waals surface area contributed by atoms with E-state index in [2.05, 4.69) is 4.18 Å². The normalized spacial score (nSPS) is 38.2. The highest BCUT2D eigenvalue weighted by Crippen LogP contribution is 2.61. The maximum atomic E-state index is 13.6. The Labute approximate surface area is 151 Å². The third-order valence-corrected chi connectivity index (χ3v) is 8.53. The predicted octanol–water partition coefficient (Wildman–Crippen LogP) is 1.49. The smallest absolute Gasteiger partial charge is 0.423 e. The van der Waals surface area contributed by atoms with Crippen molar-refractivity contribution in [3.05, 3.63) is 0 Å². The quantitative estimate of drug-likeness (QED) is 0.388. The van der Waals surface area contributed by atoms with Crippen molar-refractivity contribution in [3.63, 3.8) is 0 Å². The van der Waals surface area contributed by atoms with Crippen molar-refractivity contribution in [3.8, 4) is 0 Å². The molecule has 0 aromatic rings. The Hall–Kier alpha value is -0.570. The van der Waals surface area contributed by atoms with Crippen LogP contribution < -0.4 is 0 Å². The van der Waals surface area contributed by atoms with E-state index in [1.165, 1.54) is 0 Å². The largest absolute Gasteiger partial charge is 0.743 e. The standard InChI is InChI=1S/C13H17F5O7S2/c14-12(15,16)9(13(17,18)26(20,21)22)25-27(23,24)11-4-7-1-8(5-11)3-10(19,2-7)6-11/h7-9,19H,1-6H2,(H,20,21,22)/p-1. The zero-order valence-corrected chi connectivity index (χ0v) is 15.2. The third kappa shape index (κ3) is 3.36. The van der Waals surface area contributed by atoms with Crippen molar-refractivity contribution >= 4 is 20.2 Å². The minimum absolute atomic E-state index is 0.186. The Balaban J connectivity index is 1.99. The molecule has 0 radical (unpaired) electrons. The second kappa shape index (κ2) is 5.74. The van der Waals surface area contributed by atoms with Gasteiger partial charge in [0.2, 0.25) is 6.10 Å². The average molecular weight is 443 g/mol. The second-order valence-corrected chi connectivity index (χ2v) is 11.3. The Kier molecular flexibility index (Phi) is 4.49. The van der Waals surface area contributed by atoms with Crippen LogP contribution in [0.1, 0.15) is 38.5 Å². The fourth-order valence-corrected chi connectivity index (χ4v) is 7.60. The molecule has 7 nitrogen and oxygen atoms in total. The highest BCUT2D eigenvalue weighted by Gasteiger charge is 2.68. The molecule has 0 aromatic heterocycles. The molecule has 27 heavy (non-hydrogen) atoms. The summed E-state index contributed by atoms with van der Waals surface area (Å²) in [4.78, 5) is 0. The number of alkyl halides is 5. The summed E-state index contributed by atoms with van der Waals surface area (Å²) in [6, 6.07) is 0. The first-order valence-corrected chi connectivity index (χ1v) is 10.8. The van der Waals surface area contributed by atoms with E-state index in [9.17, 15) is 48.4 Å². The van der Waals surface area contributed by atoms with Crippen LogP contribution in [0.25, 0.3) is 0 Å². The molecular formula is C13H16F5O7S2-. The summed E-state index contributed by atoms with van der Waals surface area (Å²) in [5.41, 5.74) is -1.46. The van der Waals surface area contributed by atoms with Crippen LogP contribution in [-0.4, -0.2) is 54.4 Å². The van der Waals surface area contributed by atoms with Crippen molar-refractivity contribution < 1.29 is 52.6 Å². The maximum Gasteiger partial charge on any atom is 0.423 e. The summed E-state index contributed by atoms with van der Waals surface area (Å²) in [7, 11) is -12.3. The van der Waals surface area contributed by atoms with Gasteiger partial charge in [0, 0.05) is 0 Å². The molecule has 4 aliphatic carbocycles. The van der Waals surface area contributed by atoms with Crippen LogP contribution in [0.15, 0.2) is 0 Å². The fraction of sp³-hybridized carbons (Fsp3) is 1.00. The highest BCUT2D eigenvalue weighted by molar-refractivity contribution is 7.88. The molecule has 0 aliphatic heterocycles. The molecule has 4 fully saturated rings. The first kappa shape index (κ1) is 21.1. The van der Waals surface area contributed by atoms with Gasteiger partial charge in [0.15, 0.2) is 10.1 Å². The number of halogens is 5. The molecule has 158 valence electrons. The van der Waals surface area contributed by atoms with Gasteiger partial charge in [-0.15, -0.1) is 0 Å². The van der Waals surface area contributed by atoms with Gasteiger partial charge in [-0.25, -0.2) is 12.6 Å². The van der Waals surface area contributed by atoms with Gasteiger partial charge < -0.3 is 9.66 Å². The summed E-state index contributed by atoms with van der Waals surface area (Å²) in [6.07, 6.45) is -10.6. The van der Waals surface area contributed by atoms with E-state index in [4.69, 9.17) is 0 Å². The van der Waals surface area contributed by atoms with Gasteiger partial charge in [0.1, 0.15) is 4.75 Å². The minimum Gasteiger partial charge on any atom is -0.743 e. The summed E-state index contributed by atoms with van der Waals surface area (Å²) >= 11 is 0. The predicted molar refractivity (Wildman–Crippen MR) is 76.9 cm³/mol. The molecule has 0 amide bonds. The zero-order valence-electron chi connectivity index (χ0n) is 13.6. The van der Waals surface area contributed by atoms with Gasteiger partial charge in [-0.1, -0.05) is 0 Å². The van der Waals surface area contributed by atoms with Gasteiger partial charge >= 0.3 is 11.4 Å². The lowest BCUT2D eigenvalue weighted by Gasteiger charge is -2.59. The van der Waals surface area contributed by atoms with Crippen molar-refractivity contribution in [1.29, 1.82) is 0 Å². The molecule has 3 unspecified atom stereocenters. The van der Waals surface area contributed by atoms with E-state index >= 15 is 0 Å². The SMILES string of the molecule is O=S(=O)([O-])C(F)(F)C(OS(=O)(=O)C12CC3CC(CC(O)(C3)C1)C2)C(F)(F)F. The van der Waals surface area contributed by atoms with Crippen LogP contribution in [0.4, 0.5) is 22.0 Å². The molecule has 4 rings (SSSR count). The molecular weight excluding hydrogens is 427 g/mol. The topological polar surface area (TPSA) is 121 Å². The highest BCUT2D eigenvalue weighted by atomic mass is 32.2. The lowest BCUT2D eigenvalue weighted by molar-refractivity contribution is -0.239. The van der Waals surface area contributed by atoms with Gasteiger partial charge in [-0.2, -0.15) is 30.4 Å². The van der Waals surface area contributed by atoms with Crippen molar-refractivity contribution in [2.45, 2.75) is 66.4 Å². The molecule has 14 heteroatoms. The lowest BCUT2D eigenvalue weighted by Crippen LogP contribution is -2.63. The summed E-state index contributed by atoms with van der Waals surface area (Å²) in [6.45, 7) is 0. The first-order valence-electron chi connectivity index (χ1n) is 7.96. The first-order chi connectivity index (χ1) is 11.9. The Morgan fingerprint density at radius 3 is 1.85 bits per heavy atom. The molecule has 0 saturated heterocycles. The van der Waals surface area contributed by atoms with Crippen LogP contribution in [0.3, 0.4) is 0 Å². The van der Waals surface area contributed by atoms with Gasteiger partial charge in [0.05, 0.1) is 5.60 Å². The second-order valence-electron chi connectivity index (χ2n) is 7.86. The van der Waals surface area contributed by atoms with Gasteiger partial charge in [-0.3, -0.25) is 0 Å². The van der Waals surface area contributed by atoms with Crippen LogP contribution in [0.5, 0.6) is 0 Å². The van der Waals surface area contributed by atoms with Gasteiger partial charge in [-0.05, 0) is 50.4 Å². The number of hydrogen-bond donors (Lipinski definition) is 1. The molecule has 3 atom stereocenters. The maximum absolute atomic E-state index is 13.6. The molecule has 4 saturated carbocycles. The van der Waals surface area contributed by atoms with E-state index in [-0.39, 0.29) is 37.5 Å². The van der Waals surface area contributed by atoms with Crippen LogP contribution in [0.2, 0.25) is 0 Å². The fourth-order valence-electron chi connectivity index (χ4n) is 5.08. The molecule has 0 spiro atoms. The monoisotopic (exact) mass is 443 g/mol. The van der Waals surface area contributed by atoms with Crippen molar-refractivity contribution in [2.75, 3.05) is 0 Å². The summed E-state index contributed by atoms with van der Waals surface area (Å²) in [5.74, 6) is -0.662. The Morgan fingerprint density at radius 2 is 1.48 bits per heavy atom. The average Bonchev–Trinajstić information content (AvgIpc) is 2.39. The van der Waals surface area contributed by atoms with E-state index in [1.807, 2.05) is 0 Å². The number of hydrogen-bond acceptors (Lipinski definition) is 7. The van der Waals surface area contributed by atoms with Crippen LogP contribution in [-0.2, 0) is 24.4 Å². The zero-order chi connectivity index (χ0) is 20.7. The minimum atomic E-state index is -6.87. The van der Waals surface area contributed by atoms with E-state index in [0.29, 0.717) is 6.42 Å². The third-order valence-electron chi connectivity index (χ3n) is 5.67. The lowest BCUT2D eigenvalue weighted by atomic mass is 9.54. The van der Waals surface area contributed by atoms with E-state index in [0.717, 1.165) is 0 Å². The molecule has 4 aliphatic rings. The van der Waals surface area contributed by atoms with Crippen LogP contribution >= 0.6 is 0 Å². The van der Waals surface area contributed by atoms with Crippen LogP contribution in [0, 0.1) is 11.8 Å². The Bertz CT molecular complexity index is 822. The van der Waals surface area contributed by atoms with Gasteiger partial charge in [0.25, 0.3) is 10.1 Å². The molecule has 0 heterocycles. The number of rotatable bonds is 5. The van der Waals surface area contributed by atoms with Crippen molar-refractivity contribution in [1.82, 2.24) is 0 Å². The van der Waals surface area contributed by atoms with Crippen molar-refractivity contribution in [2.24, 2.45) is 11.8 Å². The molecule has 4 bridgehead atoms. The summed E-state index contributed by atoms with van der Waals surface area (Å²) in [5, 5.41) is 4.43. The summed E-state index contributed by atoms with van der Waals surface area (Å²) < 4.78 is 125. The Morgan fingerprint density at radius 1 is 1.00 bits per heavy atom. The van der Waals surface area contributed by atoms with E-state index < -0.39 is 54.5 Å². The number of aliphatic hydroxyl groups is 1.